The number of rotatable bonds is 8. The molecule has 0 unspecified atom stereocenters. The summed E-state index contributed by atoms with van der Waals surface area (Å²) in [6, 6.07) is 3.81. The maximum atomic E-state index is 13.2. The number of carbonyl (C=O) groups excluding carboxylic acids is 1. The van der Waals surface area contributed by atoms with E-state index in [9.17, 15) is 18.0 Å². The summed E-state index contributed by atoms with van der Waals surface area (Å²) in [4.78, 5) is 11.7. The fourth-order valence-corrected chi connectivity index (χ4v) is 2.29. The van der Waals surface area contributed by atoms with E-state index in [1.165, 1.54) is 25.0 Å². The van der Waals surface area contributed by atoms with Crippen molar-refractivity contribution >= 4 is 5.91 Å². The molecule has 0 radical (unpaired) electrons. The van der Waals surface area contributed by atoms with E-state index in [1.807, 2.05) is 0 Å². The molecule has 1 saturated carbocycles. The van der Waals surface area contributed by atoms with Crippen LogP contribution in [0.25, 0.3) is 0 Å². The molecule has 1 aliphatic rings. The summed E-state index contributed by atoms with van der Waals surface area (Å²) in [7, 11) is 0. The van der Waals surface area contributed by atoms with E-state index in [2.05, 4.69) is 10.6 Å². The van der Waals surface area contributed by atoms with Gasteiger partial charge in [-0.1, -0.05) is 6.07 Å². The first kappa shape index (κ1) is 18.6. The van der Waals surface area contributed by atoms with Crippen LogP contribution < -0.4 is 15.4 Å². The van der Waals surface area contributed by atoms with Gasteiger partial charge in [0.25, 0.3) is 0 Å². The zero-order chi connectivity index (χ0) is 17.7. The second-order valence-electron chi connectivity index (χ2n) is 6.33. The molecule has 1 aromatic rings. The number of hydrogen-bond acceptors (Lipinski definition) is 3. The molecular formula is C17H23F3N2O2. The van der Waals surface area contributed by atoms with Gasteiger partial charge in [-0.15, -0.1) is 0 Å². The molecule has 24 heavy (non-hydrogen) atoms. The smallest absolute Gasteiger partial charge is 0.416 e. The highest BCUT2D eigenvalue weighted by Gasteiger charge is 2.34. The number of alkyl halides is 3. The van der Waals surface area contributed by atoms with Crippen molar-refractivity contribution in [1.29, 1.82) is 0 Å². The van der Waals surface area contributed by atoms with Gasteiger partial charge in [0.1, 0.15) is 5.75 Å². The lowest BCUT2D eigenvalue weighted by atomic mass is 10.1. The predicted octanol–water partition coefficient (Wildman–Crippen LogP) is 3.11. The van der Waals surface area contributed by atoms with Gasteiger partial charge in [-0.25, -0.2) is 0 Å². The van der Waals surface area contributed by atoms with Crippen molar-refractivity contribution < 1.29 is 22.7 Å². The SMILES string of the molecule is CC(C)Oc1ccc(CNC(=O)CNCC2CC2)c(C(F)(F)F)c1. The normalized spacial score (nSPS) is 14.8. The van der Waals surface area contributed by atoms with Crippen LogP contribution in [0.3, 0.4) is 0 Å². The van der Waals surface area contributed by atoms with Crippen LogP contribution in [0.1, 0.15) is 37.8 Å². The van der Waals surface area contributed by atoms with Crippen LogP contribution in [-0.4, -0.2) is 25.1 Å². The zero-order valence-corrected chi connectivity index (χ0v) is 13.9. The number of hydrogen-bond donors (Lipinski definition) is 2. The van der Waals surface area contributed by atoms with Crippen LogP contribution in [0, 0.1) is 5.92 Å². The number of ether oxygens (including phenoxy) is 1. The summed E-state index contributed by atoms with van der Waals surface area (Å²) in [5.74, 6) is 0.493. The van der Waals surface area contributed by atoms with Crippen LogP contribution in [0.2, 0.25) is 0 Å². The van der Waals surface area contributed by atoms with Gasteiger partial charge in [0, 0.05) is 6.54 Å². The molecule has 1 aliphatic carbocycles. The topological polar surface area (TPSA) is 50.4 Å². The molecule has 4 nitrogen and oxygen atoms in total. The highest BCUT2D eigenvalue weighted by molar-refractivity contribution is 5.78. The molecule has 0 atom stereocenters. The first-order valence-electron chi connectivity index (χ1n) is 8.10. The van der Waals surface area contributed by atoms with Gasteiger partial charge in [-0.05, 0) is 56.8 Å². The summed E-state index contributed by atoms with van der Waals surface area (Å²) in [5.41, 5.74) is -0.763. The molecule has 0 spiro atoms. The molecule has 0 saturated heterocycles. The molecule has 0 bridgehead atoms. The monoisotopic (exact) mass is 344 g/mol. The predicted molar refractivity (Wildman–Crippen MR) is 84.6 cm³/mol. The Morgan fingerprint density at radius 1 is 1.33 bits per heavy atom. The van der Waals surface area contributed by atoms with Gasteiger partial charge in [0.2, 0.25) is 5.91 Å². The van der Waals surface area contributed by atoms with E-state index >= 15 is 0 Å². The molecular weight excluding hydrogens is 321 g/mol. The van der Waals surface area contributed by atoms with Gasteiger partial charge >= 0.3 is 6.18 Å². The molecule has 0 heterocycles. The molecule has 7 heteroatoms. The lowest BCUT2D eigenvalue weighted by molar-refractivity contribution is -0.138. The second-order valence-corrected chi connectivity index (χ2v) is 6.33. The van der Waals surface area contributed by atoms with Crippen molar-refractivity contribution in [3.63, 3.8) is 0 Å². The lowest BCUT2D eigenvalue weighted by Crippen LogP contribution is -2.34. The maximum Gasteiger partial charge on any atom is 0.416 e. The van der Waals surface area contributed by atoms with Crippen molar-refractivity contribution in [3.8, 4) is 5.75 Å². The fourth-order valence-electron chi connectivity index (χ4n) is 2.29. The summed E-state index contributed by atoms with van der Waals surface area (Å²) in [5, 5.41) is 5.53. The molecule has 1 aromatic carbocycles. The van der Waals surface area contributed by atoms with E-state index in [0.29, 0.717) is 5.92 Å². The van der Waals surface area contributed by atoms with Crippen LogP contribution in [0.15, 0.2) is 18.2 Å². The van der Waals surface area contributed by atoms with Crippen molar-refractivity contribution in [1.82, 2.24) is 10.6 Å². The van der Waals surface area contributed by atoms with Crippen molar-refractivity contribution in [2.24, 2.45) is 5.92 Å². The number of benzene rings is 1. The minimum absolute atomic E-state index is 0.0224. The van der Waals surface area contributed by atoms with Crippen molar-refractivity contribution in [2.75, 3.05) is 13.1 Å². The van der Waals surface area contributed by atoms with E-state index in [0.717, 1.165) is 12.6 Å². The van der Waals surface area contributed by atoms with Gasteiger partial charge in [-0.3, -0.25) is 4.79 Å². The third kappa shape index (κ3) is 6.03. The molecule has 134 valence electrons. The number of halogens is 3. The molecule has 1 fully saturated rings. The molecule has 0 aliphatic heterocycles. The molecule has 2 rings (SSSR count). The third-order valence-corrected chi connectivity index (χ3v) is 3.65. The summed E-state index contributed by atoms with van der Waals surface area (Å²) >= 11 is 0. The van der Waals surface area contributed by atoms with Crippen LogP contribution >= 0.6 is 0 Å². The average Bonchev–Trinajstić information content (AvgIpc) is 3.28. The van der Waals surface area contributed by atoms with Crippen LogP contribution in [0.5, 0.6) is 5.75 Å². The summed E-state index contributed by atoms with van der Waals surface area (Å²) < 4.78 is 44.9. The Bertz CT molecular complexity index is 569. The van der Waals surface area contributed by atoms with Gasteiger partial charge < -0.3 is 15.4 Å². The fraction of sp³-hybridized carbons (Fsp3) is 0.588. The molecule has 2 N–H and O–H groups in total. The Morgan fingerprint density at radius 2 is 2.04 bits per heavy atom. The third-order valence-electron chi connectivity index (χ3n) is 3.65. The van der Waals surface area contributed by atoms with Crippen molar-refractivity contribution in [2.45, 2.75) is 45.5 Å². The van der Waals surface area contributed by atoms with E-state index < -0.39 is 11.7 Å². The Kier molecular flexibility index (Phi) is 6.10. The Balaban J connectivity index is 1.95. The highest BCUT2D eigenvalue weighted by Crippen LogP contribution is 2.34. The quantitative estimate of drug-likeness (QED) is 0.762. The largest absolute Gasteiger partial charge is 0.491 e. The lowest BCUT2D eigenvalue weighted by Gasteiger charge is -2.17. The summed E-state index contributed by atoms with van der Waals surface area (Å²) in [6.07, 6.45) is -2.36. The zero-order valence-electron chi connectivity index (χ0n) is 13.9. The van der Waals surface area contributed by atoms with Gasteiger partial charge in [0.15, 0.2) is 0 Å². The molecule has 0 aromatic heterocycles. The van der Waals surface area contributed by atoms with Crippen LogP contribution in [-0.2, 0) is 17.5 Å². The number of carbonyl (C=O) groups is 1. The minimum Gasteiger partial charge on any atom is -0.491 e. The van der Waals surface area contributed by atoms with E-state index in [1.54, 1.807) is 13.8 Å². The minimum atomic E-state index is -4.50. The maximum absolute atomic E-state index is 13.2. The standard InChI is InChI=1S/C17H23F3N2O2/c1-11(2)24-14-6-5-13(15(7-14)17(18,19)20)9-22-16(23)10-21-8-12-3-4-12/h5-7,11-12,21H,3-4,8-10H2,1-2H3,(H,22,23). The van der Waals surface area contributed by atoms with E-state index in [-0.39, 0.29) is 36.4 Å². The van der Waals surface area contributed by atoms with Crippen LogP contribution in [0.4, 0.5) is 13.2 Å². The first-order valence-corrected chi connectivity index (χ1v) is 8.10. The Morgan fingerprint density at radius 3 is 2.62 bits per heavy atom. The Hall–Kier alpha value is -1.76. The second kappa shape index (κ2) is 7.88. The average molecular weight is 344 g/mol. The number of nitrogens with one attached hydrogen (secondary N) is 2. The molecule has 1 amide bonds. The van der Waals surface area contributed by atoms with Gasteiger partial charge in [0.05, 0.1) is 18.2 Å². The van der Waals surface area contributed by atoms with Crippen molar-refractivity contribution in [3.05, 3.63) is 29.3 Å². The Labute approximate surface area is 139 Å². The summed E-state index contributed by atoms with van der Waals surface area (Å²) in [6.45, 7) is 4.22. The number of amides is 1. The first-order chi connectivity index (χ1) is 11.3. The van der Waals surface area contributed by atoms with Gasteiger partial charge in [-0.2, -0.15) is 13.2 Å². The highest BCUT2D eigenvalue weighted by atomic mass is 19.4. The van der Waals surface area contributed by atoms with E-state index in [4.69, 9.17) is 4.74 Å².